The van der Waals surface area contributed by atoms with Crippen LogP contribution in [0.1, 0.15) is 6.92 Å². The normalized spacial score (nSPS) is 17.0. The molecule has 1 aliphatic rings. The van der Waals surface area contributed by atoms with Crippen molar-refractivity contribution in [2.24, 2.45) is 0 Å². The lowest BCUT2D eigenvalue weighted by atomic mass is 10.2. The van der Waals surface area contributed by atoms with E-state index in [0.29, 0.717) is 0 Å². The quantitative estimate of drug-likeness (QED) is 0.770. The van der Waals surface area contributed by atoms with Gasteiger partial charge in [-0.3, -0.25) is 15.0 Å². The van der Waals surface area contributed by atoms with Gasteiger partial charge in [-0.15, -0.1) is 0 Å². The second kappa shape index (κ2) is 7.14. The minimum absolute atomic E-state index is 0.0395. The van der Waals surface area contributed by atoms with Crippen LogP contribution in [0.2, 0.25) is 0 Å². The molecule has 0 spiro atoms. The highest BCUT2D eigenvalue weighted by Crippen LogP contribution is 2.11. The van der Waals surface area contributed by atoms with Gasteiger partial charge in [0.15, 0.2) is 0 Å². The molecule has 1 aromatic rings. The van der Waals surface area contributed by atoms with Crippen LogP contribution in [0.4, 0.5) is 14.9 Å². The predicted molar refractivity (Wildman–Crippen MR) is 77.5 cm³/mol. The monoisotopic (exact) mass is 294 g/mol. The Kier molecular flexibility index (Phi) is 5.24. The molecule has 0 bridgehead atoms. The number of nitrogens with zero attached hydrogens (tertiary/aromatic N) is 1. The van der Waals surface area contributed by atoms with Gasteiger partial charge in [-0.05, 0) is 19.1 Å². The maximum atomic E-state index is 13.4. The molecule has 0 aliphatic carbocycles. The summed E-state index contributed by atoms with van der Waals surface area (Å²) in [5.74, 6) is -0.944. The zero-order valence-electron chi connectivity index (χ0n) is 11.9. The zero-order chi connectivity index (χ0) is 15.2. The molecule has 1 aromatic carbocycles. The molecule has 0 saturated carbocycles. The minimum atomic E-state index is -0.730. The van der Waals surface area contributed by atoms with Crippen LogP contribution in [0.25, 0.3) is 0 Å². The molecule has 7 heteroatoms. The third-order valence-electron chi connectivity index (χ3n) is 3.44. The molecule has 1 unspecified atom stereocenters. The summed E-state index contributed by atoms with van der Waals surface area (Å²) in [7, 11) is 0. The van der Waals surface area contributed by atoms with Gasteiger partial charge in [-0.1, -0.05) is 12.1 Å². The number of hydrogen-bond acceptors (Lipinski definition) is 4. The van der Waals surface area contributed by atoms with E-state index in [9.17, 15) is 14.0 Å². The van der Waals surface area contributed by atoms with Gasteiger partial charge in [0, 0.05) is 26.2 Å². The van der Waals surface area contributed by atoms with Gasteiger partial charge in [0.05, 0.1) is 11.7 Å². The maximum Gasteiger partial charge on any atom is 0.326 e. The van der Waals surface area contributed by atoms with Gasteiger partial charge in [-0.25, -0.2) is 9.18 Å². The van der Waals surface area contributed by atoms with Crippen LogP contribution in [0.3, 0.4) is 0 Å². The number of urea groups is 1. The van der Waals surface area contributed by atoms with E-state index in [4.69, 9.17) is 0 Å². The first-order valence-corrected chi connectivity index (χ1v) is 6.89. The molecule has 0 radical (unpaired) electrons. The van der Waals surface area contributed by atoms with Crippen LogP contribution in [-0.2, 0) is 4.79 Å². The lowest BCUT2D eigenvalue weighted by Crippen LogP contribution is -2.53. The highest BCUT2D eigenvalue weighted by Gasteiger charge is 2.24. The number of piperazine rings is 1. The van der Waals surface area contributed by atoms with E-state index in [1.165, 1.54) is 18.2 Å². The van der Waals surface area contributed by atoms with Crippen molar-refractivity contribution in [1.82, 2.24) is 15.5 Å². The van der Waals surface area contributed by atoms with E-state index in [0.717, 1.165) is 26.2 Å². The van der Waals surface area contributed by atoms with Crippen molar-refractivity contribution in [2.75, 3.05) is 31.5 Å². The molecular formula is C14H19FN4O2. The largest absolute Gasteiger partial charge is 0.326 e. The van der Waals surface area contributed by atoms with Crippen molar-refractivity contribution in [3.8, 4) is 0 Å². The van der Waals surface area contributed by atoms with E-state index in [1.807, 2.05) is 4.90 Å². The van der Waals surface area contributed by atoms with Gasteiger partial charge >= 0.3 is 6.03 Å². The molecule has 0 aromatic heterocycles. The number of carbonyl (C=O) groups is 2. The Balaban J connectivity index is 1.87. The predicted octanol–water partition coefficient (Wildman–Crippen LogP) is 0.768. The fourth-order valence-electron chi connectivity index (χ4n) is 2.17. The molecule has 1 saturated heterocycles. The second-order valence-corrected chi connectivity index (χ2v) is 4.89. The molecule has 21 heavy (non-hydrogen) atoms. The summed E-state index contributed by atoms with van der Waals surface area (Å²) in [6, 6.07) is 4.66. The van der Waals surface area contributed by atoms with E-state index >= 15 is 0 Å². The van der Waals surface area contributed by atoms with Crippen molar-refractivity contribution in [3.05, 3.63) is 30.1 Å². The van der Waals surface area contributed by atoms with Crippen molar-refractivity contribution in [2.45, 2.75) is 13.0 Å². The highest BCUT2D eigenvalue weighted by atomic mass is 19.1. The number of para-hydroxylation sites is 1. The summed E-state index contributed by atoms with van der Waals surface area (Å²) in [6.45, 7) is 4.89. The zero-order valence-corrected chi connectivity index (χ0v) is 11.9. The number of carbonyl (C=O) groups excluding carboxylic acids is 2. The topological polar surface area (TPSA) is 73.5 Å². The van der Waals surface area contributed by atoms with E-state index in [-0.39, 0.29) is 5.69 Å². The summed E-state index contributed by atoms with van der Waals surface area (Å²) in [6.07, 6.45) is 0. The van der Waals surface area contributed by atoms with E-state index < -0.39 is 23.8 Å². The molecule has 1 atom stereocenters. The van der Waals surface area contributed by atoms with Crippen LogP contribution in [-0.4, -0.2) is 49.1 Å². The van der Waals surface area contributed by atoms with Gasteiger partial charge in [0.1, 0.15) is 5.82 Å². The summed E-state index contributed by atoms with van der Waals surface area (Å²) in [5, 5.41) is 7.75. The van der Waals surface area contributed by atoms with Gasteiger partial charge in [-0.2, -0.15) is 0 Å². The average molecular weight is 294 g/mol. The molecule has 6 nitrogen and oxygen atoms in total. The summed E-state index contributed by atoms with van der Waals surface area (Å²) >= 11 is 0. The number of nitrogens with one attached hydrogen (secondary N) is 3. The van der Waals surface area contributed by atoms with Gasteiger partial charge < -0.3 is 10.6 Å². The third-order valence-corrected chi connectivity index (χ3v) is 3.44. The second-order valence-electron chi connectivity index (χ2n) is 4.89. The third kappa shape index (κ3) is 4.24. The SMILES string of the molecule is CC(C(=O)NC(=O)Nc1ccccc1F)N1CCNCC1. The van der Waals surface area contributed by atoms with Crippen molar-refractivity contribution < 1.29 is 14.0 Å². The van der Waals surface area contributed by atoms with Crippen LogP contribution in [0.5, 0.6) is 0 Å². The molecule has 1 heterocycles. The fourth-order valence-corrected chi connectivity index (χ4v) is 2.17. The smallest absolute Gasteiger partial charge is 0.314 e. The number of rotatable bonds is 3. The first-order chi connectivity index (χ1) is 10.1. The standard InChI is InChI=1S/C14H19FN4O2/c1-10(19-8-6-16-7-9-19)13(20)18-14(21)17-12-5-3-2-4-11(12)15/h2-5,10,16H,6-9H2,1H3,(H2,17,18,20,21). The number of benzene rings is 1. The Bertz CT molecular complexity index is 517. The Hall–Kier alpha value is -1.99. The van der Waals surface area contributed by atoms with Gasteiger partial charge in [0.25, 0.3) is 0 Å². The number of halogens is 1. The molecule has 3 amide bonds. The van der Waals surface area contributed by atoms with Crippen molar-refractivity contribution in [3.63, 3.8) is 0 Å². The Labute approximate surface area is 122 Å². The average Bonchev–Trinajstić information content (AvgIpc) is 2.49. The van der Waals surface area contributed by atoms with Crippen molar-refractivity contribution >= 4 is 17.6 Å². The highest BCUT2D eigenvalue weighted by molar-refractivity contribution is 6.02. The molecular weight excluding hydrogens is 275 g/mol. The van der Waals surface area contributed by atoms with Crippen LogP contribution in [0.15, 0.2) is 24.3 Å². The van der Waals surface area contributed by atoms with E-state index in [1.54, 1.807) is 13.0 Å². The summed E-state index contributed by atoms with van der Waals surface area (Å²) in [5.41, 5.74) is 0.0395. The molecule has 1 fully saturated rings. The number of hydrogen-bond donors (Lipinski definition) is 3. The maximum absolute atomic E-state index is 13.4. The number of imide groups is 1. The lowest BCUT2D eigenvalue weighted by Gasteiger charge is -2.31. The molecule has 2 rings (SSSR count). The Morgan fingerprint density at radius 1 is 1.29 bits per heavy atom. The van der Waals surface area contributed by atoms with Crippen LogP contribution >= 0.6 is 0 Å². The molecule has 1 aliphatic heterocycles. The minimum Gasteiger partial charge on any atom is -0.314 e. The van der Waals surface area contributed by atoms with Crippen LogP contribution < -0.4 is 16.0 Å². The Morgan fingerprint density at radius 2 is 1.95 bits per heavy atom. The summed E-state index contributed by atoms with van der Waals surface area (Å²) in [4.78, 5) is 25.7. The fraction of sp³-hybridized carbons (Fsp3) is 0.429. The summed E-state index contributed by atoms with van der Waals surface area (Å²) < 4.78 is 13.4. The number of amides is 3. The van der Waals surface area contributed by atoms with E-state index in [2.05, 4.69) is 16.0 Å². The van der Waals surface area contributed by atoms with Crippen molar-refractivity contribution in [1.29, 1.82) is 0 Å². The number of anilines is 1. The first kappa shape index (κ1) is 15.4. The molecule has 114 valence electrons. The molecule has 3 N–H and O–H groups in total. The lowest BCUT2D eigenvalue weighted by molar-refractivity contribution is -0.124. The van der Waals surface area contributed by atoms with Crippen LogP contribution in [0, 0.1) is 5.82 Å². The Morgan fingerprint density at radius 3 is 2.62 bits per heavy atom. The van der Waals surface area contributed by atoms with Gasteiger partial charge in [0.2, 0.25) is 5.91 Å². The first-order valence-electron chi connectivity index (χ1n) is 6.89.